The van der Waals surface area contributed by atoms with E-state index in [1.165, 1.54) is 29.5 Å². The summed E-state index contributed by atoms with van der Waals surface area (Å²) < 4.78 is 29.8. The van der Waals surface area contributed by atoms with Gasteiger partial charge in [-0.15, -0.1) is 11.3 Å². The first-order valence-corrected chi connectivity index (χ1v) is 11.4. The van der Waals surface area contributed by atoms with Gasteiger partial charge in [-0.2, -0.15) is 0 Å². The second-order valence-electron chi connectivity index (χ2n) is 7.30. The number of rotatable bonds is 11. The summed E-state index contributed by atoms with van der Waals surface area (Å²) in [6.07, 6.45) is 0.0335. The molecule has 34 heavy (non-hydrogen) atoms. The van der Waals surface area contributed by atoms with Gasteiger partial charge in [-0.25, -0.2) is 9.37 Å². The highest BCUT2D eigenvalue weighted by Gasteiger charge is 2.16. The molecule has 0 fully saturated rings. The van der Waals surface area contributed by atoms with Crippen molar-refractivity contribution < 1.29 is 28.2 Å². The van der Waals surface area contributed by atoms with Crippen molar-refractivity contribution in [1.82, 2.24) is 10.3 Å². The van der Waals surface area contributed by atoms with Gasteiger partial charge in [0.25, 0.3) is 5.91 Å². The van der Waals surface area contributed by atoms with Gasteiger partial charge < -0.3 is 19.5 Å². The maximum atomic E-state index is 13.8. The molecule has 0 aliphatic carbocycles. The van der Waals surface area contributed by atoms with E-state index in [-0.39, 0.29) is 29.1 Å². The number of hydrogen-bond acceptors (Lipinski definition) is 7. The Hall–Kier alpha value is -3.50. The quantitative estimate of drug-likeness (QED) is 0.397. The van der Waals surface area contributed by atoms with Crippen LogP contribution in [0.25, 0.3) is 0 Å². The van der Waals surface area contributed by atoms with E-state index >= 15 is 0 Å². The van der Waals surface area contributed by atoms with Crippen LogP contribution >= 0.6 is 11.3 Å². The standard InChI is InChI=1S/C24H26FN3O5S/c1-15(16-8-9-20(21(12-16)32-3)33-11-10-31-2)26-22(29)13-17-14-34-24(27-17)28-23(30)18-6-4-5-7-19(18)25/h4-9,12,14-15H,10-11,13H2,1-3H3,(H,26,29)(H,27,28,30). The summed E-state index contributed by atoms with van der Waals surface area (Å²) in [6, 6.07) is 10.9. The van der Waals surface area contributed by atoms with Gasteiger partial charge in [0, 0.05) is 12.5 Å². The van der Waals surface area contributed by atoms with Gasteiger partial charge in [-0.1, -0.05) is 18.2 Å². The lowest BCUT2D eigenvalue weighted by Crippen LogP contribution is -2.28. The predicted octanol–water partition coefficient (Wildman–Crippen LogP) is 3.99. The first-order valence-electron chi connectivity index (χ1n) is 10.5. The molecule has 3 rings (SSSR count). The van der Waals surface area contributed by atoms with E-state index in [0.29, 0.717) is 30.4 Å². The monoisotopic (exact) mass is 487 g/mol. The maximum Gasteiger partial charge on any atom is 0.260 e. The van der Waals surface area contributed by atoms with Crippen LogP contribution in [0, 0.1) is 5.82 Å². The van der Waals surface area contributed by atoms with Crippen molar-refractivity contribution in [2.24, 2.45) is 0 Å². The van der Waals surface area contributed by atoms with Crippen LogP contribution in [0.5, 0.6) is 11.5 Å². The lowest BCUT2D eigenvalue weighted by Gasteiger charge is -2.17. The van der Waals surface area contributed by atoms with Gasteiger partial charge >= 0.3 is 0 Å². The Morgan fingerprint density at radius 2 is 1.91 bits per heavy atom. The fourth-order valence-corrected chi connectivity index (χ4v) is 3.81. The fraction of sp³-hybridized carbons (Fsp3) is 0.292. The van der Waals surface area contributed by atoms with Crippen molar-refractivity contribution in [3.05, 3.63) is 70.5 Å². The number of nitrogens with one attached hydrogen (secondary N) is 2. The largest absolute Gasteiger partial charge is 0.493 e. The molecule has 8 nitrogen and oxygen atoms in total. The molecule has 10 heteroatoms. The zero-order valence-electron chi connectivity index (χ0n) is 19.1. The summed E-state index contributed by atoms with van der Waals surface area (Å²) in [4.78, 5) is 29.0. The normalized spacial score (nSPS) is 11.5. The van der Waals surface area contributed by atoms with Crippen LogP contribution < -0.4 is 20.1 Å². The highest BCUT2D eigenvalue weighted by Crippen LogP contribution is 2.30. The molecule has 1 heterocycles. The average Bonchev–Trinajstić information content (AvgIpc) is 3.25. The number of amides is 2. The molecule has 0 radical (unpaired) electrons. The molecule has 0 spiro atoms. The predicted molar refractivity (Wildman–Crippen MR) is 127 cm³/mol. The Balaban J connectivity index is 1.56. The Kier molecular flexibility index (Phi) is 8.94. The van der Waals surface area contributed by atoms with Crippen LogP contribution in [0.1, 0.15) is 34.6 Å². The second-order valence-corrected chi connectivity index (χ2v) is 8.15. The number of ether oxygens (including phenoxy) is 3. The molecular formula is C24H26FN3O5S. The van der Waals surface area contributed by atoms with E-state index in [9.17, 15) is 14.0 Å². The third kappa shape index (κ3) is 6.75. The number of thiazole rings is 1. The average molecular weight is 488 g/mol. The van der Waals surface area contributed by atoms with Crippen LogP contribution in [-0.2, 0) is 16.0 Å². The van der Waals surface area contributed by atoms with Crippen LogP contribution in [0.4, 0.5) is 9.52 Å². The summed E-state index contributed by atoms with van der Waals surface area (Å²) >= 11 is 1.17. The minimum Gasteiger partial charge on any atom is -0.493 e. The minimum atomic E-state index is -0.614. The molecule has 1 unspecified atom stereocenters. The molecule has 0 aliphatic heterocycles. The second kappa shape index (κ2) is 12.1. The molecule has 2 amide bonds. The molecule has 0 bridgehead atoms. The smallest absolute Gasteiger partial charge is 0.260 e. The van der Waals surface area contributed by atoms with Crippen molar-refractivity contribution in [3.63, 3.8) is 0 Å². The maximum absolute atomic E-state index is 13.8. The van der Waals surface area contributed by atoms with Crippen molar-refractivity contribution in [2.45, 2.75) is 19.4 Å². The number of methoxy groups -OCH3 is 2. The summed E-state index contributed by atoms with van der Waals surface area (Å²) in [5, 5.41) is 7.45. The molecule has 2 aromatic carbocycles. The molecule has 1 atom stereocenters. The first-order chi connectivity index (χ1) is 16.4. The van der Waals surface area contributed by atoms with E-state index in [2.05, 4.69) is 15.6 Å². The topological polar surface area (TPSA) is 98.8 Å². The van der Waals surface area contributed by atoms with E-state index in [4.69, 9.17) is 14.2 Å². The third-order valence-electron chi connectivity index (χ3n) is 4.84. The molecule has 2 N–H and O–H groups in total. The summed E-state index contributed by atoms with van der Waals surface area (Å²) in [5.41, 5.74) is 1.27. The Labute approximate surface area is 201 Å². The number of nitrogens with zero attached hydrogens (tertiary/aromatic N) is 1. The third-order valence-corrected chi connectivity index (χ3v) is 5.65. The Morgan fingerprint density at radius 1 is 1.12 bits per heavy atom. The summed E-state index contributed by atoms with van der Waals surface area (Å²) in [5.74, 6) is -0.292. The number of anilines is 1. The van der Waals surface area contributed by atoms with E-state index in [1.54, 1.807) is 31.7 Å². The van der Waals surface area contributed by atoms with Gasteiger partial charge in [0.05, 0.1) is 37.4 Å². The van der Waals surface area contributed by atoms with Crippen molar-refractivity contribution in [2.75, 3.05) is 32.8 Å². The number of halogens is 1. The molecule has 0 saturated heterocycles. The Morgan fingerprint density at radius 3 is 2.65 bits per heavy atom. The zero-order chi connectivity index (χ0) is 24.5. The lowest BCUT2D eigenvalue weighted by atomic mass is 10.1. The molecular weight excluding hydrogens is 461 g/mol. The lowest BCUT2D eigenvalue weighted by molar-refractivity contribution is -0.121. The van der Waals surface area contributed by atoms with Crippen LogP contribution in [-0.4, -0.2) is 44.2 Å². The van der Waals surface area contributed by atoms with Crippen LogP contribution in [0.3, 0.4) is 0 Å². The highest BCUT2D eigenvalue weighted by atomic mass is 32.1. The van der Waals surface area contributed by atoms with Gasteiger partial charge in [-0.3, -0.25) is 14.9 Å². The molecule has 180 valence electrons. The molecule has 0 aliphatic rings. The summed E-state index contributed by atoms with van der Waals surface area (Å²) in [6.45, 7) is 2.72. The number of hydrogen-bond donors (Lipinski definition) is 2. The minimum absolute atomic E-state index is 0.0335. The zero-order valence-corrected chi connectivity index (χ0v) is 19.9. The Bertz CT molecular complexity index is 1140. The van der Waals surface area contributed by atoms with Gasteiger partial charge in [0.1, 0.15) is 12.4 Å². The molecule has 0 saturated carbocycles. The molecule has 3 aromatic rings. The SMILES string of the molecule is COCCOc1ccc(C(C)NC(=O)Cc2csc(NC(=O)c3ccccc3F)n2)cc1OC. The van der Waals surface area contributed by atoms with Gasteiger partial charge in [-0.05, 0) is 36.8 Å². The fourth-order valence-electron chi connectivity index (χ4n) is 3.10. The van der Waals surface area contributed by atoms with Crippen molar-refractivity contribution in [3.8, 4) is 11.5 Å². The van der Waals surface area contributed by atoms with Crippen molar-refractivity contribution in [1.29, 1.82) is 0 Å². The number of carbonyl (C=O) groups excluding carboxylic acids is 2. The van der Waals surface area contributed by atoms with Gasteiger partial charge in [0.2, 0.25) is 5.91 Å². The molecule has 1 aromatic heterocycles. The van der Waals surface area contributed by atoms with Crippen LogP contribution in [0.2, 0.25) is 0 Å². The number of benzene rings is 2. The van der Waals surface area contributed by atoms with E-state index < -0.39 is 11.7 Å². The number of aromatic nitrogens is 1. The number of carbonyl (C=O) groups is 2. The highest BCUT2D eigenvalue weighted by molar-refractivity contribution is 7.14. The van der Waals surface area contributed by atoms with Gasteiger partial charge in [0.15, 0.2) is 16.6 Å². The first kappa shape index (κ1) is 25.1. The van der Waals surface area contributed by atoms with Crippen LogP contribution in [0.15, 0.2) is 47.8 Å². The van der Waals surface area contributed by atoms with E-state index in [1.807, 2.05) is 19.1 Å². The van der Waals surface area contributed by atoms with E-state index in [0.717, 1.165) is 5.56 Å². The van der Waals surface area contributed by atoms with Crippen molar-refractivity contribution >= 4 is 28.3 Å². The summed E-state index contributed by atoms with van der Waals surface area (Å²) in [7, 11) is 3.15.